The first-order chi connectivity index (χ1) is 8.45. The standard InChI is InChI=1S/C12H11F2N3O/c1-6-3-12(17-7(2)16-6)18-11-5-8(13)10(15)4-9(11)14/h3-5H,15H2,1-2H3. The summed E-state index contributed by atoms with van der Waals surface area (Å²) in [5.74, 6) is -1.11. The Morgan fingerprint density at radius 1 is 1.06 bits per heavy atom. The van der Waals surface area contributed by atoms with E-state index in [0.29, 0.717) is 11.5 Å². The van der Waals surface area contributed by atoms with E-state index < -0.39 is 11.6 Å². The highest BCUT2D eigenvalue weighted by Crippen LogP contribution is 2.27. The number of halogens is 2. The molecule has 2 aromatic rings. The predicted octanol–water partition coefficient (Wildman–Crippen LogP) is 2.75. The molecule has 0 fully saturated rings. The Morgan fingerprint density at radius 2 is 1.78 bits per heavy atom. The van der Waals surface area contributed by atoms with Crippen LogP contribution >= 0.6 is 0 Å². The van der Waals surface area contributed by atoms with Crippen LogP contribution in [0.15, 0.2) is 18.2 Å². The van der Waals surface area contributed by atoms with Crippen LogP contribution < -0.4 is 10.5 Å². The van der Waals surface area contributed by atoms with Crippen molar-refractivity contribution in [3.05, 3.63) is 41.4 Å². The van der Waals surface area contributed by atoms with Gasteiger partial charge in [0.15, 0.2) is 11.6 Å². The van der Waals surface area contributed by atoms with Crippen LogP contribution in [0.25, 0.3) is 0 Å². The Bertz CT molecular complexity index is 582. The van der Waals surface area contributed by atoms with Gasteiger partial charge in [0, 0.05) is 23.9 Å². The largest absolute Gasteiger partial charge is 0.436 e. The SMILES string of the molecule is Cc1cc(Oc2cc(F)c(N)cc2F)nc(C)n1. The molecule has 94 valence electrons. The lowest BCUT2D eigenvalue weighted by atomic mass is 10.3. The highest BCUT2D eigenvalue weighted by Gasteiger charge is 2.11. The fourth-order valence-electron chi connectivity index (χ4n) is 1.47. The zero-order valence-electron chi connectivity index (χ0n) is 9.87. The van der Waals surface area contributed by atoms with Crippen LogP contribution in [0.5, 0.6) is 11.6 Å². The van der Waals surface area contributed by atoms with Crippen molar-refractivity contribution in [2.45, 2.75) is 13.8 Å². The van der Waals surface area contributed by atoms with Crippen molar-refractivity contribution in [2.75, 3.05) is 5.73 Å². The van der Waals surface area contributed by atoms with E-state index in [1.54, 1.807) is 13.8 Å². The quantitative estimate of drug-likeness (QED) is 0.834. The molecule has 0 spiro atoms. The van der Waals surface area contributed by atoms with Crippen LogP contribution in [0, 0.1) is 25.5 Å². The summed E-state index contributed by atoms with van der Waals surface area (Å²) in [5.41, 5.74) is 5.64. The molecule has 1 heterocycles. The summed E-state index contributed by atoms with van der Waals surface area (Å²) < 4.78 is 31.9. The number of aryl methyl sites for hydroxylation is 2. The number of hydrogen-bond donors (Lipinski definition) is 1. The normalized spacial score (nSPS) is 10.4. The fourth-order valence-corrected chi connectivity index (χ4v) is 1.47. The van der Waals surface area contributed by atoms with Crippen LogP contribution in [0.2, 0.25) is 0 Å². The van der Waals surface area contributed by atoms with Gasteiger partial charge in [-0.2, -0.15) is 4.98 Å². The average molecular weight is 251 g/mol. The second-order valence-corrected chi connectivity index (χ2v) is 3.80. The van der Waals surface area contributed by atoms with Crippen LogP contribution in [0.1, 0.15) is 11.5 Å². The first kappa shape index (κ1) is 12.2. The number of aromatic nitrogens is 2. The number of nitrogens with two attached hydrogens (primary N) is 1. The van der Waals surface area contributed by atoms with Crippen molar-refractivity contribution in [2.24, 2.45) is 0 Å². The molecule has 0 radical (unpaired) electrons. The Kier molecular flexibility index (Phi) is 3.10. The average Bonchev–Trinajstić information content (AvgIpc) is 2.24. The van der Waals surface area contributed by atoms with Gasteiger partial charge in [-0.25, -0.2) is 13.8 Å². The van der Waals surface area contributed by atoms with Gasteiger partial charge in [-0.1, -0.05) is 0 Å². The summed E-state index contributed by atoms with van der Waals surface area (Å²) in [6.45, 7) is 3.43. The van der Waals surface area contributed by atoms with Crippen molar-refractivity contribution in [1.82, 2.24) is 9.97 Å². The fraction of sp³-hybridized carbons (Fsp3) is 0.167. The summed E-state index contributed by atoms with van der Waals surface area (Å²) in [5, 5.41) is 0. The van der Waals surface area contributed by atoms with Crippen LogP contribution in [0.4, 0.5) is 14.5 Å². The molecule has 18 heavy (non-hydrogen) atoms. The monoisotopic (exact) mass is 251 g/mol. The lowest BCUT2D eigenvalue weighted by Crippen LogP contribution is -1.98. The third-order valence-electron chi connectivity index (χ3n) is 2.21. The van der Waals surface area contributed by atoms with E-state index in [-0.39, 0.29) is 17.3 Å². The minimum atomic E-state index is -0.747. The van der Waals surface area contributed by atoms with Gasteiger partial charge in [0.2, 0.25) is 5.88 Å². The van der Waals surface area contributed by atoms with Crippen molar-refractivity contribution in [3.63, 3.8) is 0 Å². The van der Waals surface area contributed by atoms with Gasteiger partial charge >= 0.3 is 0 Å². The van der Waals surface area contributed by atoms with Crippen LogP contribution in [-0.4, -0.2) is 9.97 Å². The maximum atomic E-state index is 13.5. The highest BCUT2D eigenvalue weighted by molar-refractivity contribution is 5.45. The molecule has 0 aliphatic heterocycles. The molecule has 2 N–H and O–H groups in total. The Morgan fingerprint density at radius 3 is 2.44 bits per heavy atom. The number of nitrogen functional groups attached to an aromatic ring is 1. The summed E-state index contributed by atoms with van der Waals surface area (Å²) >= 11 is 0. The number of hydrogen-bond acceptors (Lipinski definition) is 4. The Hall–Kier alpha value is -2.24. The zero-order chi connectivity index (χ0) is 13.3. The van der Waals surface area contributed by atoms with Gasteiger partial charge in [-0.3, -0.25) is 0 Å². The maximum Gasteiger partial charge on any atom is 0.222 e. The summed E-state index contributed by atoms with van der Waals surface area (Å²) in [4.78, 5) is 8.02. The molecule has 6 heteroatoms. The number of benzene rings is 1. The van der Waals surface area contributed by atoms with E-state index >= 15 is 0 Å². The molecule has 2 rings (SSSR count). The van der Waals surface area contributed by atoms with Crippen LogP contribution in [-0.2, 0) is 0 Å². The minimum Gasteiger partial charge on any atom is -0.436 e. The molecule has 0 bridgehead atoms. The third kappa shape index (κ3) is 2.53. The summed E-state index contributed by atoms with van der Waals surface area (Å²) in [7, 11) is 0. The number of nitrogens with zero attached hydrogens (tertiary/aromatic N) is 2. The molecule has 0 unspecified atom stereocenters. The van der Waals surface area contributed by atoms with E-state index in [2.05, 4.69) is 9.97 Å². The maximum absolute atomic E-state index is 13.5. The lowest BCUT2D eigenvalue weighted by molar-refractivity contribution is 0.420. The van der Waals surface area contributed by atoms with Gasteiger partial charge in [0.05, 0.1) is 5.69 Å². The van der Waals surface area contributed by atoms with Gasteiger partial charge in [-0.05, 0) is 13.8 Å². The molecule has 1 aromatic carbocycles. The first-order valence-corrected chi connectivity index (χ1v) is 5.20. The van der Waals surface area contributed by atoms with Crippen LogP contribution in [0.3, 0.4) is 0 Å². The van der Waals surface area contributed by atoms with Gasteiger partial charge in [-0.15, -0.1) is 0 Å². The van der Waals surface area contributed by atoms with Gasteiger partial charge < -0.3 is 10.5 Å². The van der Waals surface area contributed by atoms with Gasteiger partial charge in [0.25, 0.3) is 0 Å². The molecule has 0 aliphatic carbocycles. The zero-order valence-corrected chi connectivity index (χ0v) is 9.87. The van der Waals surface area contributed by atoms with E-state index in [4.69, 9.17) is 10.5 Å². The Balaban J connectivity index is 2.36. The molecular formula is C12H11F2N3O. The van der Waals surface area contributed by atoms with Gasteiger partial charge in [0.1, 0.15) is 11.6 Å². The molecule has 4 nitrogen and oxygen atoms in total. The lowest BCUT2D eigenvalue weighted by Gasteiger charge is -2.08. The number of anilines is 1. The molecule has 0 aliphatic rings. The summed E-state index contributed by atoms with van der Waals surface area (Å²) in [6, 6.07) is 3.28. The van der Waals surface area contributed by atoms with Crippen molar-refractivity contribution >= 4 is 5.69 Å². The second-order valence-electron chi connectivity index (χ2n) is 3.80. The predicted molar refractivity (Wildman–Crippen MR) is 62.4 cm³/mol. The van der Waals surface area contributed by atoms with E-state index in [1.165, 1.54) is 6.07 Å². The minimum absolute atomic E-state index is 0.156. The van der Waals surface area contributed by atoms with Crippen molar-refractivity contribution < 1.29 is 13.5 Å². The van der Waals surface area contributed by atoms with Crippen molar-refractivity contribution in [1.29, 1.82) is 0 Å². The van der Waals surface area contributed by atoms with Crippen molar-refractivity contribution in [3.8, 4) is 11.6 Å². The molecule has 0 atom stereocenters. The Labute approximate surface area is 102 Å². The van der Waals surface area contributed by atoms with E-state index in [9.17, 15) is 8.78 Å². The smallest absolute Gasteiger partial charge is 0.222 e. The molecular weight excluding hydrogens is 240 g/mol. The molecule has 0 saturated carbocycles. The van der Waals surface area contributed by atoms with E-state index in [0.717, 1.165) is 12.1 Å². The van der Waals surface area contributed by atoms with E-state index in [1.807, 2.05) is 0 Å². The first-order valence-electron chi connectivity index (χ1n) is 5.20. The third-order valence-corrected chi connectivity index (χ3v) is 2.21. The number of rotatable bonds is 2. The topological polar surface area (TPSA) is 61.0 Å². The molecule has 1 aromatic heterocycles. The molecule has 0 saturated heterocycles. The highest BCUT2D eigenvalue weighted by atomic mass is 19.1. The second kappa shape index (κ2) is 4.56. The molecule has 0 amide bonds. The summed E-state index contributed by atoms with van der Waals surface area (Å²) in [6.07, 6.45) is 0. The number of ether oxygens (including phenoxy) is 1.